The number of nitrogens with zero attached hydrogens (tertiary/aromatic N) is 2. The molecule has 6 nitrogen and oxygen atoms in total. The van der Waals surface area contributed by atoms with E-state index in [9.17, 15) is 14.7 Å². The lowest BCUT2D eigenvalue weighted by Gasteiger charge is -2.38. The molecule has 1 N–H and O–H groups in total. The Bertz CT molecular complexity index is 1300. The van der Waals surface area contributed by atoms with Crippen LogP contribution in [-0.2, 0) is 16.0 Å². The van der Waals surface area contributed by atoms with Crippen molar-refractivity contribution in [2.24, 2.45) is 0 Å². The van der Waals surface area contributed by atoms with Crippen LogP contribution in [0.4, 0.5) is 0 Å². The predicted octanol–water partition coefficient (Wildman–Crippen LogP) is 5.37. The molecule has 180 valence electrons. The van der Waals surface area contributed by atoms with Crippen molar-refractivity contribution in [3.8, 4) is 5.75 Å². The summed E-state index contributed by atoms with van der Waals surface area (Å²) >= 11 is 0. The number of ether oxygens (including phenoxy) is 1. The third kappa shape index (κ3) is 4.53. The van der Waals surface area contributed by atoms with Crippen molar-refractivity contribution in [2.75, 3.05) is 6.61 Å². The number of piperidine rings is 1. The average Bonchev–Trinajstić information content (AvgIpc) is 3.24. The van der Waals surface area contributed by atoms with Gasteiger partial charge in [-0.25, -0.2) is 9.78 Å². The summed E-state index contributed by atoms with van der Waals surface area (Å²) < 4.78 is 5.63. The number of carbonyl (C=O) groups is 2. The van der Waals surface area contributed by atoms with E-state index in [1.54, 1.807) is 12.1 Å². The van der Waals surface area contributed by atoms with Crippen LogP contribution in [0.5, 0.6) is 5.75 Å². The summed E-state index contributed by atoms with van der Waals surface area (Å²) in [7, 11) is 0. The molecule has 2 aliphatic rings. The van der Waals surface area contributed by atoms with Crippen molar-refractivity contribution in [1.82, 2.24) is 9.88 Å². The van der Waals surface area contributed by atoms with Gasteiger partial charge in [-0.3, -0.25) is 4.79 Å². The van der Waals surface area contributed by atoms with E-state index in [0.29, 0.717) is 12.0 Å². The number of allylic oxidation sites excluding steroid dienone is 1. The molecule has 1 aromatic heterocycles. The molecule has 1 aliphatic heterocycles. The van der Waals surface area contributed by atoms with Crippen molar-refractivity contribution in [1.29, 1.82) is 0 Å². The summed E-state index contributed by atoms with van der Waals surface area (Å²) in [6.07, 6.45) is 6.54. The number of phenols is 1. The molecule has 0 spiro atoms. The van der Waals surface area contributed by atoms with Crippen LogP contribution in [0.2, 0.25) is 0 Å². The highest BCUT2D eigenvalue weighted by molar-refractivity contribution is 6.07. The highest BCUT2D eigenvalue weighted by atomic mass is 16.5. The zero-order valence-electron chi connectivity index (χ0n) is 20.2. The monoisotopic (exact) mass is 470 g/mol. The molecule has 3 aromatic rings. The number of hydrogen-bond donors (Lipinski definition) is 1. The number of rotatable bonds is 4. The van der Waals surface area contributed by atoms with Crippen LogP contribution in [-0.4, -0.2) is 45.6 Å². The lowest BCUT2D eigenvalue weighted by Crippen LogP contribution is -2.49. The second-order valence-electron chi connectivity index (χ2n) is 9.60. The second kappa shape index (κ2) is 9.53. The van der Waals surface area contributed by atoms with Crippen LogP contribution in [0, 0.1) is 0 Å². The Morgan fingerprint density at radius 1 is 1.06 bits per heavy atom. The largest absolute Gasteiger partial charge is 0.508 e. The molecule has 2 aromatic carbocycles. The van der Waals surface area contributed by atoms with Gasteiger partial charge in [0.1, 0.15) is 5.75 Å². The summed E-state index contributed by atoms with van der Waals surface area (Å²) in [5.74, 6) is -0.395. The molecule has 1 aliphatic carbocycles. The number of esters is 1. The van der Waals surface area contributed by atoms with Gasteiger partial charge in [-0.05, 0) is 86.9 Å². The maximum Gasteiger partial charge on any atom is 0.339 e. The number of pyridine rings is 1. The fraction of sp³-hybridized carbons (Fsp3) is 0.345. The number of fused-ring (bicyclic) bond motifs is 2. The lowest BCUT2D eigenvalue weighted by atomic mass is 9.97. The quantitative estimate of drug-likeness (QED) is 0.519. The summed E-state index contributed by atoms with van der Waals surface area (Å²) in [4.78, 5) is 33.1. The highest BCUT2D eigenvalue weighted by Gasteiger charge is 2.31. The number of benzene rings is 2. The molecule has 6 heteroatoms. The zero-order chi connectivity index (χ0) is 24.5. The zero-order valence-corrected chi connectivity index (χ0v) is 20.2. The number of amides is 1. The minimum absolute atomic E-state index is 0.138. The number of aromatic nitrogens is 1. The van der Waals surface area contributed by atoms with Crippen molar-refractivity contribution < 1.29 is 19.4 Å². The molecular weight excluding hydrogens is 440 g/mol. The standard InChI is InChI=1S/C29H30N2O4/c1-18-6-5-7-19(2)31(18)26(33)17-35-29(34)27-23-8-3-4-9-25(23)30-28-21(12-15-24(27)28)16-20-10-13-22(32)14-11-20/h3-4,8-11,13-14,16,18-19,32H,5-7,12,15,17H2,1-2H3/b21-16+. The number of para-hydroxylation sites is 1. The summed E-state index contributed by atoms with van der Waals surface area (Å²) in [5.41, 5.74) is 4.89. The third-order valence-corrected chi connectivity index (χ3v) is 7.19. The maximum atomic E-state index is 13.4. The highest BCUT2D eigenvalue weighted by Crippen LogP contribution is 2.38. The van der Waals surface area contributed by atoms with E-state index in [4.69, 9.17) is 9.72 Å². The fourth-order valence-electron chi connectivity index (χ4n) is 5.47. The molecule has 1 saturated heterocycles. The fourth-order valence-corrected chi connectivity index (χ4v) is 5.47. The van der Waals surface area contributed by atoms with Gasteiger partial charge >= 0.3 is 5.97 Å². The van der Waals surface area contributed by atoms with E-state index < -0.39 is 5.97 Å². The van der Waals surface area contributed by atoms with Gasteiger partial charge in [0, 0.05) is 17.5 Å². The predicted molar refractivity (Wildman–Crippen MR) is 136 cm³/mol. The van der Waals surface area contributed by atoms with Gasteiger partial charge in [-0.2, -0.15) is 0 Å². The minimum Gasteiger partial charge on any atom is -0.508 e. The van der Waals surface area contributed by atoms with Crippen LogP contribution >= 0.6 is 0 Å². The van der Waals surface area contributed by atoms with E-state index >= 15 is 0 Å². The molecule has 0 saturated carbocycles. The molecule has 2 atom stereocenters. The Hall–Kier alpha value is -3.67. The van der Waals surface area contributed by atoms with Gasteiger partial charge in [-0.1, -0.05) is 30.3 Å². The smallest absolute Gasteiger partial charge is 0.339 e. The van der Waals surface area contributed by atoms with Crippen LogP contribution < -0.4 is 0 Å². The van der Waals surface area contributed by atoms with Gasteiger partial charge in [0.15, 0.2) is 6.61 Å². The summed E-state index contributed by atoms with van der Waals surface area (Å²) in [6.45, 7) is 3.86. The van der Waals surface area contributed by atoms with Gasteiger partial charge in [0.2, 0.25) is 0 Å². The van der Waals surface area contributed by atoms with Gasteiger partial charge in [-0.15, -0.1) is 0 Å². The van der Waals surface area contributed by atoms with Crippen LogP contribution in [0.15, 0.2) is 48.5 Å². The van der Waals surface area contributed by atoms with Crippen molar-refractivity contribution in [3.63, 3.8) is 0 Å². The van der Waals surface area contributed by atoms with E-state index in [1.165, 1.54) is 0 Å². The molecule has 5 rings (SSSR count). The van der Waals surface area contributed by atoms with Crippen molar-refractivity contribution in [3.05, 3.63) is 70.9 Å². The normalized spacial score (nSPS) is 20.7. The van der Waals surface area contributed by atoms with Crippen molar-refractivity contribution in [2.45, 2.75) is 58.0 Å². The Kier molecular flexibility index (Phi) is 6.29. The lowest BCUT2D eigenvalue weighted by molar-refractivity contribution is -0.140. The minimum atomic E-state index is -0.476. The molecule has 1 amide bonds. The molecule has 2 heterocycles. The number of aromatic hydroxyl groups is 1. The first-order valence-electron chi connectivity index (χ1n) is 12.3. The molecule has 2 unspecified atom stereocenters. The molecule has 0 bridgehead atoms. The molecule has 0 radical (unpaired) electrons. The molecular formula is C29H30N2O4. The summed E-state index contributed by atoms with van der Waals surface area (Å²) in [6, 6.07) is 14.9. The van der Waals surface area contributed by atoms with Gasteiger partial charge in [0.05, 0.1) is 16.8 Å². The SMILES string of the molecule is CC1CCCC(C)N1C(=O)COC(=O)c1c2c(nc3ccccc13)/C(=C/c1ccc(O)cc1)CC2. The van der Waals surface area contributed by atoms with E-state index in [1.807, 2.05) is 47.4 Å². The number of likely N-dealkylation sites (tertiary alicyclic amines) is 1. The van der Waals surface area contributed by atoms with Crippen LogP contribution in [0.3, 0.4) is 0 Å². The number of phenolic OH excluding ortho intramolecular Hbond substituents is 1. The Morgan fingerprint density at radius 3 is 2.51 bits per heavy atom. The average molecular weight is 471 g/mol. The maximum absolute atomic E-state index is 13.4. The van der Waals surface area contributed by atoms with E-state index in [2.05, 4.69) is 13.8 Å². The Balaban J connectivity index is 1.46. The van der Waals surface area contributed by atoms with Crippen molar-refractivity contribution >= 4 is 34.4 Å². The van der Waals surface area contributed by atoms with Crippen LogP contribution in [0.1, 0.15) is 66.7 Å². The molecule has 1 fully saturated rings. The summed E-state index contributed by atoms with van der Waals surface area (Å²) in [5, 5.41) is 10.3. The number of carbonyl (C=O) groups excluding carboxylic acids is 2. The topological polar surface area (TPSA) is 79.7 Å². The van der Waals surface area contributed by atoms with E-state index in [0.717, 1.165) is 59.0 Å². The number of hydrogen-bond acceptors (Lipinski definition) is 5. The second-order valence-corrected chi connectivity index (χ2v) is 9.60. The van der Waals surface area contributed by atoms with Gasteiger partial charge in [0.25, 0.3) is 5.91 Å². The Labute approximate surface area is 205 Å². The Morgan fingerprint density at radius 2 is 1.77 bits per heavy atom. The van der Waals surface area contributed by atoms with Crippen LogP contribution in [0.25, 0.3) is 22.6 Å². The first-order chi connectivity index (χ1) is 16.9. The first-order valence-corrected chi connectivity index (χ1v) is 12.3. The molecule has 35 heavy (non-hydrogen) atoms. The van der Waals surface area contributed by atoms with Gasteiger partial charge < -0.3 is 14.7 Å². The third-order valence-electron chi connectivity index (χ3n) is 7.19. The van der Waals surface area contributed by atoms with E-state index in [-0.39, 0.29) is 30.3 Å². The first kappa shape index (κ1) is 23.1.